The molecule has 1 aliphatic rings. The molecule has 9 rings (SSSR count). The average Bonchev–Trinajstić information content (AvgIpc) is 3.65. The molecule has 2 unspecified atom stereocenters. The van der Waals surface area contributed by atoms with E-state index in [-0.39, 0.29) is 17.6 Å². The molecule has 1 heterocycles. The van der Waals surface area contributed by atoms with Crippen LogP contribution in [0.5, 0.6) is 0 Å². The molecule has 2 nitrogen and oxygen atoms in total. The van der Waals surface area contributed by atoms with Crippen molar-refractivity contribution >= 4 is 48.4 Å². The number of hydrogen-bond acceptors (Lipinski definition) is 3. The van der Waals surface area contributed by atoms with E-state index in [1.54, 1.807) is 0 Å². The summed E-state index contributed by atoms with van der Waals surface area (Å²) in [6.07, 6.45) is 4.20. The molecule has 0 radical (unpaired) electrons. The lowest BCUT2D eigenvalue weighted by atomic mass is 9.81. The van der Waals surface area contributed by atoms with E-state index >= 15 is 0 Å². The second-order valence-corrected chi connectivity index (χ2v) is 15.0. The van der Waals surface area contributed by atoms with E-state index in [1.165, 1.54) is 69.9 Å². The smallest absolute Gasteiger partial charge is 0.0817 e. The van der Waals surface area contributed by atoms with Crippen LogP contribution in [0.25, 0.3) is 59.3 Å². The number of fused-ring (bicyclic) bond motifs is 7. The maximum atomic E-state index is 6.83. The van der Waals surface area contributed by atoms with Crippen LogP contribution >= 0.6 is 11.3 Å². The first-order chi connectivity index (χ1) is 24.5. The summed E-state index contributed by atoms with van der Waals surface area (Å²) in [6, 6.07) is 54.8. The lowest BCUT2D eigenvalue weighted by Crippen LogP contribution is -2.31. The van der Waals surface area contributed by atoms with Crippen molar-refractivity contribution < 1.29 is 0 Å². The van der Waals surface area contributed by atoms with Gasteiger partial charge in [0.05, 0.1) is 12.2 Å². The molecule has 0 aliphatic heterocycles. The minimum atomic E-state index is -0.326. The third kappa shape index (κ3) is 5.18. The molecule has 1 aromatic heterocycles. The van der Waals surface area contributed by atoms with Crippen molar-refractivity contribution in [1.82, 2.24) is 5.32 Å². The predicted molar refractivity (Wildman–Crippen MR) is 215 cm³/mol. The second-order valence-electron chi connectivity index (χ2n) is 13.9. The first kappa shape index (κ1) is 30.7. The molecule has 0 bridgehead atoms. The Balaban J connectivity index is 1.13. The number of benzene rings is 7. The van der Waals surface area contributed by atoms with E-state index in [0.717, 1.165) is 11.1 Å². The van der Waals surface area contributed by atoms with Gasteiger partial charge in [-0.15, -0.1) is 11.3 Å². The SMILES string of the molecule is CC1(C)c2cc3ccccc3cc2-c2c(-c3cccc(/C=C/C(NC(N)c4ccccc4)c4cccc5c4sc4ccccc45)c3)cccc21. The molecule has 3 heteroatoms. The Morgan fingerprint density at radius 2 is 1.36 bits per heavy atom. The van der Waals surface area contributed by atoms with Crippen molar-refractivity contribution in [3.8, 4) is 22.3 Å². The van der Waals surface area contributed by atoms with Crippen LogP contribution in [0.2, 0.25) is 0 Å². The molecule has 0 spiro atoms. The van der Waals surface area contributed by atoms with Crippen LogP contribution in [0.3, 0.4) is 0 Å². The maximum Gasteiger partial charge on any atom is 0.0817 e. The third-order valence-electron chi connectivity index (χ3n) is 10.5. The third-order valence-corrected chi connectivity index (χ3v) is 11.8. The predicted octanol–water partition coefficient (Wildman–Crippen LogP) is 12.2. The minimum absolute atomic E-state index is 0.0771. The summed E-state index contributed by atoms with van der Waals surface area (Å²) in [5, 5.41) is 8.92. The van der Waals surface area contributed by atoms with Crippen LogP contribution in [0.15, 0.2) is 158 Å². The first-order valence-electron chi connectivity index (χ1n) is 17.4. The normalized spacial score (nSPS) is 14.7. The molecule has 0 saturated heterocycles. The minimum Gasteiger partial charge on any atom is -0.312 e. The largest absolute Gasteiger partial charge is 0.312 e. The Kier molecular flexibility index (Phi) is 7.51. The van der Waals surface area contributed by atoms with Gasteiger partial charge < -0.3 is 5.73 Å². The molecular formula is C47H38N2S. The zero-order valence-electron chi connectivity index (χ0n) is 28.2. The Morgan fingerprint density at radius 1 is 0.640 bits per heavy atom. The number of rotatable bonds is 7. The fourth-order valence-corrected chi connectivity index (χ4v) is 9.20. The molecule has 0 fully saturated rings. The van der Waals surface area contributed by atoms with Gasteiger partial charge in [0, 0.05) is 25.6 Å². The van der Waals surface area contributed by atoms with E-state index in [4.69, 9.17) is 5.73 Å². The lowest BCUT2D eigenvalue weighted by Gasteiger charge is -2.22. The number of nitrogens with one attached hydrogen (secondary N) is 1. The van der Waals surface area contributed by atoms with Gasteiger partial charge in [-0.2, -0.15) is 0 Å². The topological polar surface area (TPSA) is 38.0 Å². The molecule has 1 aliphatic carbocycles. The zero-order chi connectivity index (χ0) is 33.8. The van der Waals surface area contributed by atoms with Crippen molar-refractivity contribution in [3.05, 3.63) is 186 Å². The van der Waals surface area contributed by atoms with Crippen LogP contribution in [0.4, 0.5) is 0 Å². The monoisotopic (exact) mass is 662 g/mol. The molecule has 7 aromatic carbocycles. The highest BCUT2D eigenvalue weighted by Gasteiger charge is 2.37. The van der Waals surface area contributed by atoms with Crippen molar-refractivity contribution in [3.63, 3.8) is 0 Å². The van der Waals surface area contributed by atoms with Crippen LogP contribution < -0.4 is 11.1 Å². The first-order valence-corrected chi connectivity index (χ1v) is 18.2. The van der Waals surface area contributed by atoms with Crippen LogP contribution in [0, 0.1) is 0 Å². The fourth-order valence-electron chi connectivity index (χ4n) is 7.94. The molecule has 0 amide bonds. The van der Waals surface area contributed by atoms with Crippen LogP contribution in [-0.2, 0) is 5.41 Å². The maximum absolute atomic E-state index is 6.83. The molecule has 0 saturated carbocycles. The Labute approximate surface area is 297 Å². The second kappa shape index (κ2) is 12.2. The summed E-state index contributed by atoms with van der Waals surface area (Å²) >= 11 is 1.85. The van der Waals surface area contributed by atoms with Gasteiger partial charge in [0.15, 0.2) is 0 Å². The summed E-state index contributed by atoms with van der Waals surface area (Å²) in [6.45, 7) is 4.72. The molecule has 242 valence electrons. The lowest BCUT2D eigenvalue weighted by molar-refractivity contribution is 0.511. The van der Waals surface area contributed by atoms with E-state index in [2.05, 4.69) is 165 Å². The Hall–Kier alpha value is -5.32. The summed E-state index contributed by atoms with van der Waals surface area (Å²) in [4.78, 5) is 0. The summed E-state index contributed by atoms with van der Waals surface area (Å²) in [5.74, 6) is 0. The fraction of sp³-hybridized carbons (Fsp3) is 0.106. The van der Waals surface area contributed by atoms with Crippen molar-refractivity contribution in [1.29, 1.82) is 0 Å². The van der Waals surface area contributed by atoms with E-state index in [9.17, 15) is 0 Å². The number of thiophene rings is 1. The van der Waals surface area contributed by atoms with Crippen molar-refractivity contribution in [2.45, 2.75) is 31.5 Å². The van der Waals surface area contributed by atoms with Crippen molar-refractivity contribution in [2.24, 2.45) is 5.73 Å². The summed E-state index contributed by atoms with van der Waals surface area (Å²) in [5.41, 5.74) is 18.2. The highest BCUT2D eigenvalue weighted by Crippen LogP contribution is 2.53. The molecule has 50 heavy (non-hydrogen) atoms. The quantitative estimate of drug-likeness (QED) is 0.167. The van der Waals surface area contributed by atoms with Gasteiger partial charge >= 0.3 is 0 Å². The van der Waals surface area contributed by atoms with E-state index < -0.39 is 0 Å². The number of hydrogen-bond donors (Lipinski definition) is 2. The van der Waals surface area contributed by atoms with Gasteiger partial charge in [-0.3, -0.25) is 5.32 Å². The molecular weight excluding hydrogens is 625 g/mol. The van der Waals surface area contributed by atoms with E-state index in [1.807, 2.05) is 29.5 Å². The van der Waals surface area contributed by atoms with Crippen LogP contribution in [0.1, 0.15) is 53.9 Å². The Bertz CT molecular complexity index is 2580. The van der Waals surface area contributed by atoms with Crippen molar-refractivity contribution in [2.75, 3.05) is 0 Å². The Morgan fingerprint density at radius 3 is 2.22 bits per heavy atom. The van der Waals surface area contributed by atoms with Crippen LogP contribution in [-0.4, -0.2) is 0 Å². The molecule has 2 atom stereocenters. The molecule has 8 aromatic rings. The van der Waals surface area contributed by atoms with Gasteiger partial charge in [0.25, 0.3) is 0 Å². The highest BCUT2D eigenvalue weighted by molar-refractivity contribution is 7.26. The van der Waals surface area contributed by atoms with Gasteiger partial charge in [-0.05, 0) is 85.1 Å². The number of nitrogens with two attached hydrogens (primary N) is 1. The average molecular weight is 663 g/mol. The zero-order valence-corrected chi connectivity index (χ0v) is 29.0. The van der Waals surface area contributed by atoms with Gasteiger partial charge in [-0.25, -0.2) is 0 Å². The summed E-state index contributed by atoms with van der Waals surface area (Å²) in [7, 11) is 0. The highest BCUT2D eigenvalue weighted by atomic mass is 32.1. The van der Waals surface area contributed by atoms with Gasteiger partial charge in [-0.1, -0.05) is 153 Å². The standard InChI is InChI=1S/C47H38N2S/c1-47(2)40-23-12-20-35(44(40)39-28-32-16-6-7-17-33(32)29-41(39)47)34-18-10-13-30(27-34)25-26-42(49-46(48)31-14-4-3-5-15-31)38-22-11-21-37-36-19-8-9-24-43(36)50-45(37)38/h3-29,42,46,49H,48H2,1-2H3/b26-25+. The van der Waals surface area contributed by atoms with Gasteiger partial charge in [0.2, 0.25) is 0 Å². The van der Waals surface area contributed by atoms with E-state index in [0.29, 0.717) is 0 Å². The van der Waals surface area contributed by atoms with Gasteiger partial charge in [0.1, 0.15) is 0 Å². The molecule has 3 N–H and O–H groups in total. The summed E-state index contributed by atoms with van der Waals surface area (Å²) < 4.78 is 2.59.